The standard InChI is InChI=1S/C15H18N4S/c1-4-19-12(3)17-18-15(19)20-14(10-16)9-13-7-5-11(2)6-8-13/h5-8,14H,4,9H2,1-3H3/t14-/m1/s1. The molecule has 0 amide bonds. The van der Waals surface area contributed by atoms with Gasteiger partial charge in [0.15, 0.2) is 5.16 Å². The zero-order valence-corrected chi connectivity index (χ0v) is 12.8. The number of hydrogen-bond acceptors (Lipinski definition) is 4. The lowest BCUT2D eigenvalue weighted by atomic mass is 10.1. The SMILES string of the molecule is CCn1c(C)nnc1S[C@@H](C#N)Cc1ccc(C)cc1. The van der Waals surface area contributed by atoms with Gasteiger partial charge in [0.1, 0.15) is 11.1 Å². The van der Waals surface area contributed by atoms with E-state index in [4.69, 9.17) is 0 Å². The third kappa shape index (κ3) is 3.40. The summed E-state index contributed by atoms with van der Waals surface area (Å²) >= 11 is 1.49. The van der Waals surface area contributed by atoms with Crippen LogP contribution in [0.2, 0.25) is 0 Å². The lowest BCUT2D eigenvalue weighted by Crippen LogP contribution is -2.07. The van der Waals surface area contributed by atoms with Gasteiger partial charge in [-0.05, 0) is 32.8 Å². The highest BCUT2D eigenvalue weighted by molar-refractivity contribution is 8.00. The van der Waals surface area contributed by atoms with E-state index in [-0.39, 0.29) is 5.25 Å². The Morgan fingerprint density at radius 3 is 2.55 bits per heavy atom. The maximum Gasteiger partial charge on any atom is 0.192 e. The summed E-state index contributed by atoms with van der Waals surface area (Å²) < 4.78 is 2.03. The van der Waals surface area contributed by atoms with Crippen LogP contribution < -0.4 is 0 Å². The molecule has 0 bridgehead atoms. The van der Waals surface area contributed by atoms with E-state index in [0.29, 0.717) is 0 Å². The molecule has 0 saturated carbocycles. The van der Waals surface area contributed by atoms with Crippen LogP contribution in [0.5, 0.6) is 0 Å². The Kier molecular flexibility index (Phi) is 4.80. The number of nitriles is 1. The molecule has 0 radical (unpaired) electrons. The molecule has 0 N–H and O–H groups in total. The normalized spacial score (nSPS) is 12.1. The van der Waals surface area contributed by atoms with Gasteiger partial charge in [-0.3, -0.25) is 0 Å². The van der Waals surface area contributed by atoms with Gasteiger partial charge in [0.2, 0.25) is 0 Å². The van der Waals surface area contributed by atoms with Gasteiger partial charge in [-0.15, -0.1) is 10.2 Å². The number of rotatable bonds is 5. The van der Waals surface area contributed by atoms with E-state index in [1.807, 2.05) is 11.5 Å². The van der Waals surface area contributed by atoms with E-state index in [1.165, 1.54) is 22.9 Å². The summed E-state index contributed by atoms with van der Waals surface area (Å²) in [6.45, 7) is 6.88. The summed E-state index contributed by atoms with van der Waals surface area (Å²) in [5, 5.41) is 18.3. The van der Waals surface area contributed by atoms with E-state index < -0.39 is 0 Å². The van der Waals surface area contributed by atoms with Gasteiger partial charge < -0.3 is 4.57 Å². The maximum absolute atomic E-state index is 9.35. The first kappa shape index (κ1) is 14.6. The number of hydrogen-bond donors (Lipinski definition) is 0. The minimum Gasteiger partial charge on any atom is -0.307 e. The van der Waals surface area contributed by atoms with Gasteiger partial charge >= 0.3 is 0 Å². The highest BCUT2D eigenvalue weighted by atomic mass is 32.2. The van der Waals surface area contributed by atoms with Gasteiger partial charge in [-0.2, -0.15) is 5.26 Å². The zero-order chi connectivity index (χ0) is 14.5. The summed E-state index contributed by atoms with van der Waals surface area (Å²) in [7, 11) is 0. The smallest absolute Gasteiger partial charge is 0.192 e. The topological polar surface area (TPSA) is 54.5 Å². The molecule has 104 valence electrons. The summed E-state index contributed by atoms with van der Waals surface area (Å²) in [5.74, 6) is 0.891. The van der Waals surface area contributed by atoms with Crippen molar-refractivity contribution in [2.24, 2.45) is 0 Å². The van der Waals surface area contributed by atoms with Crippen molar-refractivity contribution in [1.29, 1.82) is 5.26 Å². The van der Waals surface area contributed by atoms with Crippen molar-refractivity contribution in [3.8, 4) is 6.07 Å². The number of aryl methyl sites for hydroxylation is 2. The number of aromatic nitrogens is 3. The first-order chi connectivity index (χ1) is 9.63. The molecule has 0 aliphatic carbocycles. The molecule has 5 heteroatoms. The molecule has 0 aliphatic heterocycles. The molecule has 1 aromatic carbocycles. The highest BCUT2D eigenvalue weighted by Crippen LogP contribution is 2.24. The molecule has 0 fully saturated rings. The number of benzene rings is 1. The van der Waals surface area contributed by atoms with Crippen LogP contribution >= 0.6 is 11.8 Å². The van der Waals surface area contributed by atoms with Gasteiger partial charge in [0, 0.05) is 6.54 Å². The molecule has 2 aromatic rings. The largest absolute Gasteiger partial charge is 0.307 e. The maximum atomic E-state index is 9.35. The number of nitrogens with zero attached hydrogens (tertiary/aromatic N) is 4. The molecule has 20 heavy (non-hydrogen) atoms. The van der Waals surface area contributed by atoms with Gasteiger partial charge in [0.25, 0.3) is 0 Å². The van der Waals surface area contributed by atoms with Crippen LogP contribution in [0.25, 0.3) is 0 Å². The van der Waals surface area contributed by atoms with Crippen LogP contribution in [0.15, 0.2) is 29.4 Å². The minimum atomic E-state index is -0.147. The second kappa shape index (κ2) is 6.58. The minimum absolute atomic E-state index is 0.147. The van der Waals surface area contributed by atoms with Crippen molar-refractivity contribution in [1.82, 2.24) is 14.8 Å². The fourth-order valence-corrected chi connectivity index (χ4v) is 3.05. The number of thioether (sulfide) groups is 1. The average molecular weight is 286 g/mol. The molecule has 4 nitrogen and oxygen atoms in total. The van der Waals surface area contributed by atoms with Crippen LogP contribution in [-0.4, -0.2) is 20.0 Å². The molecule has 1 atom stereocenters. The van der Waals surface area contributed by atoms with Crippen molar-refractivity contribution >= 4 is 11.8 Å². The van der Waals surface area contributed by atoms with Gasteiger partial charge in [-0.25, -0.2) is 0 Å². The van der Waals surface area contributed by atoms with Crippen LogP contribution in [0.3, 0.4) is 0 Å². The van der Waals surface area contributed by atoms with Crippen molar-refractivity contribution in [3.05, 3.63) is 41.2 Å². The molecule has 0 unspecified atom stereocenters. The van der Waals surface area contributed by atoms with Crippen molar-refractivity contribution in [3.63, 3.8) is 0 Å². The molecular weight excluding hydrogens is 268 g/mol. The predicted molar refractivity (Wildman–Crippen MR) is 80.6 cm³/mol. The first-order valence-corrected chi connectivity index (χ1v) is 7.53. The van der Waals surface area contributed by atoms with Crippen molar-refractivity contribution in [2.75, 3.05) is 0 Å². The lowest BCUT2D eigenvalue weighted by molar-refractivity contribution is 0.661. The second-order valence-electron chi connectivity index (χ2n) is 4.70. The van der Waals surface area contributed by atoms with E-state index in [9.17, 15) is 5.26 Å². The molecule has 0 spiro atoms. The Hall–Kier alpha value is -1.80. The fourth-order valence-electron chi connectivity index (χ4n) is 1.99. The van der Waals surface area contributed by atoms with Crippen LogP contribution in [0, 0.1) is 25.2 Å². The van der Waals surface area contributed by atoms with Crippen LogP contribution in [0.1, 0.15) is 23.9 Å². The van der Waals surface area contributed by atoms with Gasteiger partial charge in [-0.1, -0.05) is 41.6 Å². The fraction of sp³-hybridized carbons (Fsp3) is 0.400. The Labute approximate surface area is 123 Å². The molecule has 0 saturated heterocycles. The van der Waals surface area contributed by atoms with Crippen LogP contribution in [0.4, 0.5) is 0 Å². The van der Waals surface area contributed by atoms with E-state index >= 15 is 0 Å². The Morgan fingerprint density at radius 1 is 1.25 bits per heavy atom. The van der Waals surface area contributed by atoms with E-state index in [0.717, 1.165) is 23.9 Å². The molecule has 0 aliphatic rings. The summed E-state index contributed by atoms with van der Waals surface area (Å²) in [5.41, 5.74) is 2.41. The average Bonchev–Trinajstić information content (AvgIpc) is 2.80. The van der Waals surface area contributed by atoms with Gasteiger partial charge in [0.05, 0.1) is 6.07 Å². The second-order valence-corrected chi connectivity index (χ2v) is 5.87. The summed E-state index contributed by atoms with van der Waals surface area (Å²) in [6, 6.07) is 10.7. The molecule has 1 aromatic heterocycles. The summed E-state index contributed by atoms with van der Waals surface area (Å²) in [4.78, 5) is 0. The Balaban J connectivity index is 2.09. The van der Waals surface area contributed by atoms with Crippen molar-refractivity contribution in [2.45, 2.75) is 44.1 Å². The monoisotopic (exact) mass is 286 g/mol. The summed E-state index contributed by atoms with van der Waals surface area (Å²) in [6.07, 6.45) is 0.719. The molecular formula is C15H18N4S. The Morgan fingerprint density at radius 2 is 1.95 bits per heavy atom. The third-order valence-corrected chi connectivity index (χ3v) is 4.22. The quantitative estimate of drug-likeness (QED) is 0.792. The molecule has 2 rings (SSSR count). The Bertz CT molecular complexity index is 610. The highest BCUT2D eigenvalue weighted by Gasteiger charge is 2.16. The van der Waals surface area contributed by atoms with E-state index in [1.54, 1.807) is 0 Å². The van der Waals surface area contributed by atoms with Crippen molar-refractivity contribution < 1.29 is 0 Å². The first-order valence-electron chi connectivity index (χ1n) is 6.65. The van der Waals surface area contributed by atoms with Crippen LogP contribution in [-0.2, 0) is 13.0 Å². The zero-order valence-electron chi connectivity index (χ0n) is 12.0. The lowest BCUT2D eigenvalue weighted by Gasteiger charge is -2.10. The predicted octanol–water partition coefficient (Wildman–Crippen LogP) is 3.14. The van der Waals surface area contributed by atoms with E-state index in [2.05, 4.69) is 54.4 Å². The molecule has 1 heterocycles. The third-order valence-electron chi connectivity index (χ3n) is 3.15.